The Morgan fingerprint density at radius 1 is 1.38 bits per heavy atom. The normalized spacial score (nSPS) is 12.5. The smallest absolute Gasteiger partial charge is 0.125 e. The van der Waals surface area contributed by atoms with Gasteiger partial charge in [-0.25, -0.2) is 4.39 Å². The first-order valence-electron chi connectivity index (χ1n) is 5.75. The molecule has 0 saturated carbocycles. The molecule has 0 aromatic heterocycles. The van der Waals surface area contributed by atoms with Crippen LogP contribution in [0.4, 0.5) is 4.39 Å². The Morgan fingerprint density at radius 3 is 2.75 bits per heavy atom. The van der Waals surface area contributed by atoms with Gasteiger partial charge in [-0.1, -0.05) is 19.8 Å². The van der Waals surface area contributed by atoms with Gasteiger partial charge in [0, 0.05) is 5.56 Å². The van der Waals surface area contributed by atoms with Crippen LogP contribution < -0.4 is 4.74 Å². The number of aliphatic hydroxyl groups is 1. The van der Waals surface area contributed by atoms with Gasteiger partial charge in [0.05, 0.1) is 12.7 Å². The topological polar surface area (TPSA) is 29.5 Å². The molecule has 1 aromatic carbocycles. The molecular weight excluding hydrogens is 207 g/mol. The monoisotopic (exact) mass is 226 g/mol. The highest BCUT2D eigenvalue weighted by Crippen LogP contribution is 2.26. The van der Waals surface area contributed by atoms with Crippen molar-refractivity contribution in [2.24, 2.45) is 0 Å². The lowest BCUT2D eigenvalue weighted by Gasteiger charge is -2.13. The molecule has 0 amide bonds. The SMILES string of the molecule is CCCCCOc1ccc(F)cc1C(C)O. The van der Waals surface area contributed by atoms with Crippen molar-refractivity contribution in [1.82, 2.24) is 0 Å². The first kappa shape index (κ1) is 13.0. The van der Waals surface area contributed by atoms with E-state index in [4.69, 9.17) is 4.74 Å². The van der Waals surface area contributed by atoms with E-state index >= 15 is 0 Å². The lowest BCUT2D eigenvalue weighted by molar-refractivity contribution is 0.190. The number of unbranched alkanes of at least 4 members (excludes halogenated alkanes) is 2. The number of hydrogen-bond acceptors (Lipinski definition) is 2. The maximum atomic E-state index is 13.0. The molecule has 0 heterocycles. The summed E-state index contributed by atoms with van der Waals surface area (Å²) in [6.45, 7) is 4.34. The molecule has 3 heteroatoms. The van der Waals surface area contributed by atoms with Gasteiger partial charge in [-0.3, -0.25) is 0 Å². The molecule has 0 bridgehead atoms. The van der Waals surface area contributed by atoms with Crippen LogP contribution in [0.1, 0.15) is 44.8 Å². The van der Waals surface area contributed by atoms with Crippen molar-refractivity contribution in [3.05, 3.63) is 29.6 Å². The summed E-state index contributed by atoms with van der Waals surface area (Å²) < 4.78 is 18.5. The van der Waals surface area contributed by atoms with Gasteiger partial charge in [-0.05, 0) is 31.5 Å². The first-order valence-corrected chi connectivity index (χ1v) is 5.75. The molecule has 0 spiro atoms. The van der Waals surface area contributed by atoms with Crippen molar-refractivity contribution in [3.8, 4) is 5.75 Å². The molecule has 1 aromatic rings. The van der Waals surface area contributed by atoms with E-state index in [2.05, 4.69) is 6.92 Å². The van der Waals surface area contributed by atoms with Crippen molar-refractivity contribution in [1.29, 1.82) is 0 Å². The van der Waals surface area contributed by atoms with Crippen molar-refractivity contribution >= 4 is 0 Å². The second kappa shape index (κ2) is 6.48. The van der Waals surface area contributed by atoms with E-state index in [9.17, 15) is 9.50 Å². The molecule has 1 rings (SSSR count). The van der Waals surface area contributed by atoms with Crippen molar-refractivity contribution in [3.63, 3.8) is 0 Å². The standard InChI is InChI=1S/C13H19FO2/c1-3-4-5-8-16-13-7-6-11(14)9-12(13)10(2)15/h6-7,9-10,15H,3-5,8H2,1-2H3. The van der Waals surface area contributed by atoms with Crippen LogP contribution in [0.3, 0.4) is 0 Å². The summed E-state index contributed by atoms with van der Waals surface area (Å²) in [6.07, 6.45) is 2.52. The maximum absolute atomic E-state index is 13.0. The van der Waals surface area contributed by atoms with E-state index in [1.54, 1.807) is 13.0 Å². The molecule has 0 aliphatic rings. The summed E-state index contributed by atoms with van der Waals surface area (Å²) in [5.41, 5.74) is 0.511. The van der Waals surface area contributed by atoms with E-state index in [0.717, 1.165) is 19.3 Å². The van der Waals surface area contributed by atoms with Gasteiger partial charge in [0.2, 0.25) is 0 Å². The van der Waals surface area contributed by atoms with E-state index in [1.165, 1.54) is 12.1 Å². The van der Waals surface area contributed by atoms with Gasteiger partial charge in [0.15, 0.2) is 0 Å². The average molecular weight is 226 g/mol. The predicted octanol–water partition coefficient (Wildman–Crippen LogP) is 3.45. The molecule has 0 aliphatic heterocycles. The first-order chi connectivity index (χ1) is 7.65. The highest BCUT2D eigenvalue weighted by molar-refractivity contribution is 5.35. The molecule has 0 radical (unpaired) electrons. The summed E-state index contributed by atoms with van der Waals surface area (Å²) >= 11 is 0. The van der Waals surface area contributed by atoms with Crippen molar-refractivity contribution in [2.45, 2.75) is 39.2 Å². The largest absolute Gasteiger partial charge is 0.493 e. The highest BCUT2D eigenvalue weighted by Gasteiger charge is 2.10. The van der Waals surface area contributed by atoms with E-state index in [1.807, 2.05) is 0 Å². The Balaban J connectivity index is 2.64. The Morgan fingerprint density at radius 2 is 2.12 bits per heavy atom. The van der Waals surface area contributed by atoms with Crippen LogP contribution in [0.2, 0.25) is 0 Å². The maximum Gasteiger partial charge on any atom is 0.125 e. The van der Waals surface area contributed by atoms with Gasteiger partial charge in [0.1, 0.15) is 11.6 Å². The van der Waals surface area contributed by atoms with Crippen LogP contribution in [0.5, 0.6) is 5.75 Å². The second-order valence-corrected chi connectivity index (χ2v) is 3.91. The molecule has 0 fully saturated rings. The second-order valence-electron chi connectivity index (χ2n) is 3.91. The van der Waals surface area contributed by atoms with Crippen molar-refractivity contribution in [2.75, 3.05) is 6.61 Å². The fourth-order valence-corrected chi connectivity index (χ4v) is 1.51. The molecule has 0 aliphatic carbocycles. The molecule has 16 heavy (non-hydrogen) atoms. The molecule has 2 nitrogen and oxygen atoms in total. The van der Waals surface area contributed by atoms with Gasteiger partial charge in [-0.2, -0.15) is 0 Å². The minimum Gasteiger partial charge on any atom is -0.493 e. The summed E-state index contributed by atoms with van der Waals surface area (Å²) in [5.74, 6) is 0.226. The predicted molar refractivity (Wildman–Crippen MR) is 62.1 cm³/mol. The number of aliphatic hydroxyl groups excluding tert-OH is 1. The van der Waals surface area contributed by atoms with E-state index in [-0.39, 0.29) is 5.82 Å². The quantitative estimate of drug-likeness (QED) is 0.753. The lowest BCUT2D eigenvalue weighted by atomic mass is 10.1. The van der Waals surface area contributed by atoms with E-state index in [0.29, 0.717) is 17.9 Å². The Hall–Kier alpha value is -1.09. The summed E-state index contributed by atoms with van der Waals surface area (Å²) in [4.78, 5) is 0. The summed E-state index contributed by atoms with van der Waals surface area (Å²) in [5, 5.41) is 9.49. The molecular formula is C13H19FO2. The van der Waals surface area contributed by atoms with Crippen LogP contribution in [0, 0.1) is 5.82 Å². The summed E-state index contributed by atoms with van der Waals surface area (Å²) in [7, 11) is 0. The van der Waals surface area contributed by atoms with Gasteiger partial charge in [-0.15, -0.1) is 0 Å². The zero-order valence-electron chi connectivity index (χ0n) is 9.87. The molecule has 1 unspecified atom stereocenters. The van der Waals surface area contributed by atoms with Crippen LogP contribution >= 0.6 is 0 Å². The average Bonchev–Trinajstić information content (AvgIpc) is 2.26. The molecule has 0 saturated heterocycles. The van der Waals surface area contributed by atoms with Gasteiger partial charge >= 0.3 is 0 Å². The number of benzene rings is 1. The Labute approximate surface area is 96.1 Å². The van der Waals surface area contributed by atoms with Crippen LogP contribution in [0.15, 0.2) is 18.2 Å². The third kappa shape index (κ3) is 3.81. The minimum atomic E-state index is -0.711. The van der Waals surface area contributed by atoms with Crippen LogP contribution in [0.25, 0.3) is 0 Å². The third-order valence-electron chi connectivity index (χ3n) is 2.43. The Kier molecular flexibility index (Phi) is 5.26. The zero-order chi connectivity index (χ0) is 12.0. The zero-order valence-corrected chi connectivity index (χ0v) is 9.87. The number of rotatable bonds is 6. The Bertz CT molecular complexity index is 324. The number of ether oxygens (including phenoxy) is 1. The molecule has 1 atom stereocenters. The van der Waals surface area contributed by atoms with Gasteiger partial charge in [0.25, 0.3) is 0 Å². The van der Waals surface area contributed by atoms with Crippen LogP contribution in [-0.2, 0) is 0 Å². The summed E-state index contributed by atoms with van der Waals surface area (Å²) in [6, 6.07) is 4.24. The van der Waals surface area contributed by atoms with Crippen molar-refractivity contribution < 1.29 is 14.2 Å². The van der Waals surface area contributed by atoms with Gasteiger partial charge < -0.3 is 9.84 Å². The minimum absolute atomic E-state index is 0.350. The molecule has 1 N–H and O–H groups in total. The number of hydrogen-bond donors (Lipinski definition) is 1. The van der Waals surface area contributed by atoms with Crippen LogP contribution in [-0.4, -0.2) is 11.7 Å². The van der Waals surface area contributed by atoms with E-state index < -0.39 is 6.10 Å². The fourth-order valence-electron chi connectivity index (χ4n) is 1.51. The third-order valence-corrected chi connectivity index (χ3v) is 2.43. The highest BCUT2D eigenvalue weighted by atomic mass is 19.1. The number of halogens is 1. The lowest BCUT2D eigenvalue weighted by Crippen LogP contribution is -2.02. The fraction of sp³-hybridized carbons (Fsp3) is 0.538. The molecule has 90 valence electrons.